The molecule has 3 unspecified atom stereocenters. The van der Waals surface area contributed by atoms with Crippen LogP contribution in [0.25, 0.3) is 0 Å². The summed E-state index contributed by atoms with van der Waals surface area (Å²) in [6.07, 6.45) is 0. The van der Waals surface area contributed by atoms with Gasteiger partial charge in [0.15, 0.2) is 12.4 Å². The molecule has 13 heteroatoms. The van der Waals surface area contributed by atoms with Gasteiger partial charge < -0.3 is 9.47 Å². The van der Waals surface area contributed by atoms with Gasteiger partial charge in [-0.3, -0.25) is 29.4 Å². The summed E-state index contributed by atoms with van der Waals surface area (Å²) in [6, 6.07) is 24.4. The van der Waals surface area contributed by atoms with Crippen LogP contribution in [-0.2, 0) is 27.8 Å². The molecule has 3 aliphatic carbocycles. The quantitative estimate of drug-likeness (QED) is 0.0409. The number of hydrogen-bond donors (Lipinski definition) is 0. The van der Waals surface area contributed by atoms with E-state index in [1.165, 1.54) is 55.5 Å². The highest BCUT2D eigenvalue weighted by molar-refractivity contribution is 9.10. The molecule has 1 saturated heterocycles. The zero-order valence-electron chi connectivity index (χ0n) is 25.5. The number of carbonyl (C=O) groups is 5. The third-order valence-corrected chi connectivity index (χ3v) is 12.1. The van der Waals surface area contributed by atoms with Crippen molar-refractivity contribution in [3.63, 3.8) is 0 Å². The minimum Gasteiger partial charge on any atom is -0.456 e. The van der Waals surface area contributed by atoms with Crippen molar-refractivity contribution in [1.29, 1.82) is 0 Å². The highest BCUT2D eigenvalue weighted by Gasteiger charge is 2.73. The van der Waals surface area contributed by atoms with Crippen molar-refractivity contribution >= 4 is 67.1 Å². The summed E-state index contributed by atoms with van der Waals surface area (Å²) in [5, 5.41) is 10.8. The number of esters is 2. The van der Waals surface area contributed by atoms with Gasteiger partial charge in [-0.15, -0.1) is 0 Å². The van der Waals surface area contributed by atoms with Crippen LogP contribution >= 0.6 is 31.9 Å². The third-order valence-electron chi connectivity index (χ3n) is 9.39. The highest BCUT2D eigenvalue weighted by Crippen LogP contribution is 2.70. The number of rotatable bonds is 8. The number of non-ortho nitro benzene ring substituents is 1. The lowest BCUT2D eigenvalue weighted by atomic mass is 9.54. The fourth-order valence-corrected chi connectivity index (χ4v) is 9.41. The number of imide groups is 1. The van der Waals surface area contributed by atoms with Crippen LogP contribution in [0.1, 0.15) is 49.9 Å². The lowest BCUT2D eigenvalue weighted by Crippen LogP contribution is -2.56. The molecule has 2 amide bonds. The van der Waals surface area contributed by atoms with E-state index in [4.69, 9.17) is 9.47 Å². The Morgan fingerprint density at radius 2 is 1.22 bits per heavy atom. The lowest BCUT2D eigenvalue weighted by molar-refractivity contribution is -0.384. The molecule has 49 heavy (non-hydrogen) atoms. The van der Waals surface area contributed by atoms with E-state index in [-0.39, 0.29) is 22.6 Å². The molecule has 0 radical (unpaired) electrons. The zero-order valence-corrected chi connectivity index (χ0v) is 28.7. The number of halogens is 2. The average molecular weight is 788 g/mol. The molecule has 4 aromatic carbocycles. The number of carbonyl (C=O) groups excluding carboxylic acids is 5. The number of alkyl halides is 2. The maximum atomic E-state index is 14.2. The Morgan fingerprint density at radius 3 is 1.67 bits per heavy atom. The standard InChI is InChI=1S/C36H24Br2N2O9/c1-19(33(44)48-18-28(41)20-12-16-23(17-13-20)49-34(45)21-10-14-22(15-11-21)40(46)47)39-31(42)29-30(32(39)43)36(38)25-7-3-2-6-24(25)35(29,37)26-8-4-5-9-27(26)36/h2-17,19,29-30H,18H2,1H3. The van der Waals surface area contributed by atoms with E-state index in [0.717, 1.165) is 27.2 Å². The molecule has 0 aromatic heterocycles. The van der Waals surface area contributed by atoms with Crippen molar-refractivity contribution in [3.8, 4) is 5.75 Å². The number of amides is 2. The molecule has 0 spiro atoms. The Kier molecular flexibility index (Phi) is 7.87. The number of Topliss-reactive ketones (excluding diaryl/α,β-unsaturated/α-hetero) is 1. The number of hydrogen-bond acceptors (Lipinski definition) is 9. The summed E-state index contributed by atoms with van der Waals surface area (Å²) < 4.78 is 8.57. The Bertz CT molecular complexity index is 1980. The normalized spacial score (nSPS) is 23.6. The number of ketones is 1. The minimum atomic E-state index is -1.31. The van der Waals surface area contributed by atoms with Crippen LogP contribution in [0.15, 0.2) is 97.1 Å². The van der Waals surface area contributed by atoms with Gasteiger partial charge in [-0.2, -0.15) is 0 Å². The van der Waals surface area contributed by atoms with Gasteiger partial charge in [0.25, 0.3) is 5.69 Å². The number of nitro groups is 1. The third kappa shape index (κ3) is 4.85. The molecule has 2 bridgehead atoms. The van der Waals surface area contributed by atoms with E-state index in [1.54, 1.807) is 0 Å². The van der Waals surface area contributed by atoms with E-state index in [2.05, 4.69) is 31.9 Å². The van der Waals surface area contributed by atoms with Crippen molar-refractivity contribution in [2.24, 2.45) is 11.8 Å². The molecule has 1 heterocycles. The van der Waals surface area contributed by atoms with Crippen LogP contribution in [0.3, 0.4) is 0 Å². The van der Waals surface area contributed by atoms with Gasteiger partial charge in [-0.1, -0.05) is 80.4 Å². The predicted molar refractivity (Wildman–Crippen MR) is 180 cm³/mol. The van der Waals surface area contributed by atoms with E-state index in [1.807, 2.05) is 48.5 Å². The van der Waals surface area contributed by atoms with Crippen LogP contribution in [0.2, 0.25) is 0 Å². The topological polar surface area (TPSA) is 150 Å². The molecule has 11 nitrogen and oxygen atoms in total. The molecular weight excluding hydrogens is 764 g/mol. The maximum absolute atomic E-state index is 14.2. The molecule has 4 aliphatic rings. The van der Waals surface area contributed by atoms with Gasteiger partial charge in [-0.25, -0.2) is 9.59 Å². The maximum Gasteiger partial charge on any atom is 0.343 e. The van der Waals surface area contributed by atoms with E-state index in [0.29, 0.717) is 0 Å². The lowest BCUT2D eigenvalue weighted by Gasteiger charge is -2.55. The number of likely N-dealkylation sites (tertiary alicyclic amines) is 1. The zero-order chi connectivity index (χ0) is 34.8. The first-order valence-corrected chi connectivity index (χ1v) is 16.7. The van der Waals surface area contributed by atoms with E-state index < -0.39 is 67.6 Å². The van der Waals surface area contributed by atoms with Crippen LogP contribution < -0.4 is 4.74 Å². The molecule has 3 atom stereocenters. The monoisotopic (exact) mass is 786 g/mol. The molecule has 1 fully saturated rings. The Labute approximate surface area is 295 Å². The minimum absolute atomic E-state index is 0.0975. The summed E-state index contributed by atoms with van der Waals surface area (Å²) >= 11 is 7.85. The van der Waals surface area contributed by atoms with Crippen molar-refractivity contribution in [2.75, 3.05) is 6.61 Å². The Balaban J connectivity index is 1.04. The van der Waals surface area contributed by atoms with Crippen molar-refractivity contribution in [1.82, 2.24) is 4.90 Å². The van der Waals surface area contributed by atoms with Crippen molar-refractivity contribution in [3.05, 3.63) is 141 Å². The van der Waals surface area contributed by atoms with E-state index in [9.17, 15) is 34.1 Å². The first kappa shape index (κ1) is 32.5. The molecule has 4 aromatic rings. The van der Waals surface area contributed by atoms with Crippen LogP contribution in [-0.4, -0.2) is 52.0 Å². The fraction of sp³-hybridized carbons (Fsp3) is 0.194. The predicted octanol–water partition coefficient (Wildman–Crippen LogP) is 5.83. The SMILES string of the molecule is CC(C(=O)OCC(=O)c1ccc(OC(=O)c2ccc([N+](=O)[O-])cc2)cc1)N1C(=O)C2C(C1=O)C1(Br)c3ccccc3C2(Br)c2ccccc21. The van der Waals surface area contributed by atoms with Gasteiger partial charge in [0.1, 0.15) is 11.8 Å². The molecule has 8 rings (SSSR count). The first-order chi connectivity index (χ1) is 23.4. The molecule has 0 N–H and O–H groups in total. The Morgan fingerprint density at radius 1 is 0.776 bits per heavy atom. The first-order valence-electron chi connectivity index (χ1n) is 15.1. The summed E-state index contributed by atoms with van der Waals surface area (Å²) in [7, 11) is 0. The summed E-state index contributed by atoms with van der Waals surface area (Å²) in [5.41, 5.74) is 3.54. The summed E-state index contributed by atoms with van der Waals surface area (Å²) in [6.45, 7) is 0.744. The second-order valence-corrected chi connectivity index (χ2v) is 14.4. The largest absolute Gasteiger partial charge is 0.456 e. The van der Waals surface area contributed by atoms with Crippen LogP contribution in [0.4, 0.5) is 5.69 Å². The van der Waals surface area contributed by atoms with Gasteiger partial charge in [0.05, 0.1) is 31.0 Å². The average Bonchev–Trinajstić information content (AvgIpc) is 3.39. The molecule has 246 valence electrons. The van der Waals surface area contributed by atoms with Gasteiger partial charge in [0.2, 0.25) is 11.8 Å². The molecule has 1 aliphatic heterocycles. The smallest absolute Gasteiger partial charge is 0.343 e. The number of benzene rings is 4. The van der Waals surface area contributed by atoms with E-state index >= 15 is 0 Å². The summed E-state index contributed by atoms with van der Waals surface area (Å²) in [5.74, 6) is -4.86. The number of ether oxygens (including phenoxy) is 2. The van der Waals surface area contributed by atoms with Gasteiger partial charge in [0, 0.05) is 17.7 Å². The molecule has 0 saturated carbocycles. The van der Waals surface area contributed by atoms with Gasteiger partial charge in [-0.05, 0) is 65.6 Å². The second-order valence-electron chi connectivity index (χ2n) is 11.9. The van der Waals surface area contributed by atoms with Crippen molar-refractivity contribution in [2.45, 2.75) is 21.6 Å². The molecular formula is C36H24Br2N2O9. The highest BCUT2D eigenvalue weighted by atomic mass is 79.9. The van der Waals surface area contributed by atoms with Crippen LogP contribution in [0.5, 0.6) is 5.75 Å². The van der Waals surface area contributed by atoms with Crippen LogP contribution in [0, 0.1) is 22.0 Å². The fourth-order valence-electron chi connectivity index (χ4n) is 7.11. The summed E-state index contributed by atoms with van der Waals surface area (Å²) in [4.78, 5) is 78.1. The number of nitrogens with zero attached hydrogens (tertiary/aromatic N) is 2. The van der Waals surface area contributed by atoms with Gasteiger partial charge >= 0.3 is 11.9 Å². The second kappa shape index (κ2) is 11.8. The van der Waals surface area contributed by atoms with Crippen molar-refractivity contribution < 1.29 is 38.4 Å². The Hall–Kier alpha value is -5.01. The number of nitro benzene ring substituents is 1.